The van der Waals surface area contributed by atoms with Crippen LogP contribution in [0.3, 0.4) is 0 Å². The topological polar surface area (TPSA) is 68.7 Å². The Hall–Kier alpha value is -1.62. The summed E-state index contributed by atoms with van der Waals surface area (Å²) in [7, 11) is 0. The predicted molar refractivity (Wildman–Crippen MR) is 71.9 cm³/mol. The van der Waals surface area contributed by atoms with Crippen LogP contribution in [-0.4, -0.2) is 35.9 Å². The van der Waals surface area contributed by atoms with Gasteiger partial charge in [-0.15, -0.1) is 0 Å². The number of aryl methyl sites for hydroxylation is 2. The molecule has 0 aliphatic heterocycles. The van der Waals surface area contributed by atoms with Gasteiger partial charge in [0.25, 0.3) is 0 Å². The molecule has 5 nitrogen and oxygen atoms in total. The summed E-state index contributed by atoms with van der Waals surface area (Å²) < 4.78 is 10.8. The highest BCUT2D eigenvalue weighted by atomic mass is 16.5. The zero-order valence-electron chi connectivity index (χ0n) is 11.7. The van der Waals surface area contributed by atoms with E-state index in [9.17, 15) is 4.79 Å². The quantitative estimate of drug-likeness (QED) is 0.733. The van der Waals surface area contributed by atoms with E-state index in [-0.39, 0.29) is 11.4 Å². The maximum absolute atomic E-state index is 11.2. The lowest BCUT2D eigenvalue weighted by Gasteiger charge is -2.11. The van der Waals surface area contributed by atoms with Gasteiger partial charge >= 0.3 is 5.97 Å². The van der Waals surface area contributed by atoms with Gasteiger partial charge in [0.1, 0.15) is 12.2 Å². The molecule has 1 N–H and O–H groups in total. The zero-order chi connectivity index (χ0) is 14.3. The number of ether oxygens (including phenoxy) is 2. The SMILES string of the molecule is CCCCOCCOc1nc(C)cc(C)c1C(=O)O. The van der Waals surface area contributed by atoms with Crippen LogP contribution < -0.4 is 4.74 Å². The fourth-order valence-electron chi connectivity index (χ4n) is 1.71. The van der Waals surface area contributed by atoms with E-state index in [1.54, 1.807) is 13.0 Å². The summed E-state index contributed by atoms with van der Waals surface area (Å²) in [5.74, 6) is -0.851. The molecule has 0 saturated heterocycles. The maximum atomic E-state index is 11.2. The summed E-state index contributed by atoms with van der Waals surface area (Å²) in [6.07, 6.45) is 2.10. The van der Waals surface area contributed by atoms with E-state index in [1.165, 1.54) is 0 Å². The Bertz CT molecular complexity index is 432. The van der Waals surface area contributed by atoms with E-state index in [1.807, 2.05) is 6.92 Å². The van der Waals surface area contributed by atoms with Crippen molar-refractivity contribution in [2.45, 2.75) is 33.6 Å². The average Bonchev–Trinajstić information content (AvgIpc) is 2.32. The number of aromatic carboxylic acids is 1. The van der Waals surface area contributed by atoms with Crippen LogP contribution >= 0.6 is 0 Å². The Morgan fingerprint density at radius 3 is 2.68 bits per heavy atom. The van der Waals surface area contributed by atoms with Crippen molar-refractivity contribution in [3.63, 3.8) is 0 Å². The van der Waals surface area contributed by atoms with E-state index in [0.29, 0.717) is 25.4 Å². The number of hydrogen-bond donors (Lipinski definition) is 1. The van der Waals surface area contributed by atoms with E-state index in [4.69, 9.17) is 14.6 Å². The average molecular weight is 267 g/mol. The third kappa shape index (κ3) is 4.87. The zero-order valence-corrected chi connectivity index (χ0v) is 11.7. The number of hydrogen-bond acceptors (Lipinski definition) is 4. The number of carbonyl (C=O) groups is 1. The first-order valence-corrected chi connectivity index (χ1v) is 6.48. The van der Waals surface area contributed by atoms with Gasteiger partial charge in [0.05, 0.1) is 6.61 Å². The first-order chi connectivity index (χ1) is 9.06. The molecule has 0 atom stereocenters. The van der Waals surface area contributed by atoms with Gasteiger partial charge in [-0.3, -0.25) is 0 Å². The van der Waals surface area contributed by atoms with E-state index in [2.05, 4.69) is 11.9 Å². The second kappa shape index (κ2) is 7.74. The third-order valence-corrected chi connectivity index (χ3v) is 2.63. The van der Waals surface area contributed by atoms with Crippen LogP contribution in [0, 0.1) is 13.8 Å². The highest BCUT2D eigenvalue weighted by molar-refractivity contribution is 5.91. The van der Waals surface area contributed by atoms with Crippen LogP contribution in [0.4, 0.5) is 0 Å². The van der Waals surface area contributed by atoms with Crippen LogP contribution in [0.15, 0.2) is 6.07 Å². The highest BCUT2D eigenvalue weighted by Gasteiger charge is 2.16. The number of rotatable bonds is 8. The largest absolute Gasteiger partial charge is 0.477 e. The first-order valence-electron chi connectivity index (χ1n) is 6.48. The second-order valence-corrected chi connectivity index (χ2v) is 4.38. The van der Waals surface area contributed by atoms with Crippen molar-refractivity contribution >= 4 is 5.97 Å². The molecular weight excluding hydrogens is 246 g/mol. The van der Waals surface area contributed by atoms with Crippen molar-refractivity contribution in [3.8, 4) is 5.88 Å². The minimum absolute atomic E-state index is 0.124. The summed E-state index contributed by atoms with van der Waals surface area (Å²) >= 11 is 0. The van der Waals surface area contributed by atoms with Crippen LogP contribution in [0.2, 0.25) is 0 Å². The normalized spacial score (nSPS) is 10.5. The third-order valence-electron chi connectivity index (χ3n) is 2.63. The van der Waals surface area contributed by atoms with Crippen molar-refractivity contribution in [2.24, 2.45) is 0 Å². The van der Waals surface area contributed by atoms with Gasteiger partial charge in [-0.2, -0.15) is 0 Å². The van der Waals surface area contributed by atoms with Gasteiger partial charge in [0, 0.05) is 12.3 Å². The van der Waals surface area contributed by atoms with Crippen molar-refractivity contribution in [1.82, 2.24) is 4.98 Å². The van der Waals surface area contributed by atoms with Crippen molar-refractivity contribution in [2.75, 3.05) is 19.8 Å². The number of unbranched alkanes of at least 4 members (excludes halogenated alkanes) is 1. The fourth-order valence-corrected chi connectivity index (χ4v) is 1.71. The molecule has 0 amide bonds. The van der Waals surface area contributed by atoms with Crippen molar-refractivity contribution < 1.29 is 19.4 Å². The monoisotopic (exact) mass is 267 g/mol. The van der Waals surface area contributed by atoms with Gasteiger partial charge in [-0.05, 0) is 31.9 Å². The lowest BCUT2D eigenvalue weighted by Crippen LogP contribution is -2.12. The molecule has 0 fully saturated rings. The summed E-state index contributed by atoms with van der Waals surface area (Å²) in [5.41, 5.74) is 1.52. The Kier molecular flexibility index (Phi) is 6.29. The molecule has 0 saturated carbocycles. The van der Waals surface area contributed by atoms with E-state index in [0.717, 1.165) is 18.5 Å². The van der Waals surface area contributed by atoms with Crippen LogP contribution in [0.1, 0.15) is 41.4 Å². The molecule has 0 aromatic carbocycles. The van der Waals surface area contributed by atoms with Gasteiger partial charge in [0.2, 0.25) is 5.88 Å². The number of pyridine rings is 1. The number of carboxylic acid groups (broad SMARTS) is 1. The summed E-state index contributed by atoms with van der Waals surface area (Å²) in [5, 5.41) is 9.16. The molecule has 106 valence electrons. The first kappa shape index (κ1) is 15.4. The fraction of sp³-hybridized carbons (Fsp3) is 0.571. The molecule has 0 aliphatic rings. The van der Waals surface area contributed by atoms with Gasteiger partial charge in [-0.1, -0.05) is 13.3 Å². The molecule has 0 bridgehead atoms. The van der Waals surface area contributed by atoms with Crippen molar-refractivity contribution in [3.05, 3.63) is 22.9 Å². The summed E-state index contributed by atoms with van der Waals surface area (Å²) in [6.45, 7) is 7.09. The maximum Gasteiger partial charge on any atom is 0.341 e. The number of nitrogens with zero attached hydrogens (tertiary/aromatic N) is 1. The van der Waals surface area contributed by atoms with Crippen LogP contribution in [-0.2, 0) is 4.74 Å². The standard InChI is InChI=1S/C14H21NO4/c1-4-5-6-18-7-8-19-13-12(14(16)17)10(2)9-11(3)15-13/h9H,4-8H2,1-3H3,(H,16,17). The highest BCUT2D eigenvalue weighted by Crippen LogP contribution is 2.20. The van der Waals surface area contributed by atoms with E-state index < -0.39 is 5.97 Å². The van der Waals surface area contributed by atoms with Crippen LogP contribution in [0.25, 0.3) is 0 Å². The Labute approximate surface area is 113 Å². The van der Waals surface area contributed by atoms with Crippen molar-refractivity contribution in [1.29, 1.82) is 0 Å². The predicted octanol–water partition coefficient (Wildman–Crippen LogP) is 2.59. The molecule has 1 rings (SSSR count). The van der Waals surface area contributed by atoms with E-state index >= 15 is 0 Å². The molecule has 1 aromatic heterocycles. The smallest absolute Gasteiger partial charge is 0.341 e. The Morgan fingerprint density at radius 1 is 1.32 bits per heavy atom. The lowest BCUT2D eigenvalue weighted by atomic mass is 10.1. The molecule has 1 aromatic rings. The summed E-state index contributed by atoms with van der Waals surface area (Å²) in [4.78, 5) is 15.3. The molecule has 0 spiro atoms. The molecule has 0 aliphatic carbocycles. The minimum atomic E-state index is -1.02. The molecule has 5 heteroatoms. The second-order valence-electron chi connectivity index (χ2n) is 4.38. The van der Waals surface area contributed by atoms with Gasteiger partial charge < -0.3 is 14.6 Å². The molecule has 0 unspecified atom stereocenters. The molecular formula is C14H21NO4. The van der Waals surface area contributed by atoms with Gasteiger partial charge in [-0.25, -0.2) is 9.78 Å². The Morgan fingerprint density at radius 2 is 2.05 bits per heavy atom. The number of carboxylic acids is 1. The van der Waals surface area contributed by atoms with Crippen LogP contribution in [0.5, 0.6) is 5.88 Å². The molecule has 1 heterocycles. The van der Waals surface area contributed by atoms with Gasteiger partial charge in [0.15, 0.2) is 0 Å². The summed E-state index contributed by atoms with van der Waals surface area (Å²) in [6, 6.07) is 1.73. The number of aromatic nitrogens is 1. The molecule has 0 radical (unpaired) electrons. The molecule has 19 heavy (non-hydrogen) atoms. The lowest BCUT2D eigenvalue weighted by molar-refractivity contribution is 0.0681. The Balaban J connectivity index is 2.59. The minimum Gasteiger partial charge on any atom is -0.477 e.